The Hall–Kier alpha value is -0.960. The van der Waals surface area contributed by atoms with Gasteiger partial charge in [0.1, 0.15) is 11.6 Å². The van der Waals surface area contributed by atoms with Crippen LogP contribution in [-0.4, -0.2) is 24.7 Å². The zero-order valence-corrected chi connectivity index (χ0v) is 17.7. The molecular formula is C25H37NO2. The van der Waals surface area contributed by atoms with Crippen molar-refractivity contribution in [3.05, 3.63) is 12.2 Å². The number of ketones is 2. The van der Waals surface area contributed by atoms with E-state index in [1.54, 1.807) is 0 Å². The van der Waals surface area contributed by atoms with Gasteiger partial charge in [0, 0.05) is 30.7 Å². The van der Waals surface area contributed by atoms with Gasteiger partial charge in [-0.05, 0) is 86.5 Å². The molecule has 8 atom stereocenters. The van der Waals surface area contributed by atoms with Gasteiger partial charge in [0.15, 0.2) is 0 Å². The zero-order valence-electron chi connectivity index (χ0n) is 17.7. The average Bonchev–Trinajstić information content (AvgIpc) is 3.29. The molecule has 4 saturated carbocycles. The van der Waals surface area contributed by atoms with E-state index in [-0.39, 0.29) is 16.7 Å². The van der Waals surface area contributed by atoms with Gasteiger partial charge in [-0.3, -0.25) is 9.59 Å². The number of nitrogens with one attached hydrogen (secondary N) is 1. The summed E-state index contributed by atoms with van der Waals surface area (Å²) in [5, 5.41) is 3.44. The van der Waals surface area contributed by atoms with Crippen LogP contribution in [0.25, 0.3) is 0 Å². The SMILES string of the molecule is C[C@]12CC[C@@H](/C=C\[C@H]3CCNC3)CC1C(=O)C[C@@H]1[C@@H]2CC[C@]2(C)C(=O)CC[C@@H]12. The van der Waals surface area contributed by atoms with Crippen molar-refractivity contribution in [3.8, 4) is 0 Å². The second-order valence-electron chi connectivity index (χ2n) is 11.2. The minimum atomic E-state index is -0.125. The standard InChI is InChI=1S/C25H37NO2/c1-24-10-7-16(3-4-17-9-12-26-15-17)13-21(24)22(27)14-18-19-5-6-23(28)25(19,2)11-8-20(18)24/h3-4,16-21,26H,5-15H2,1-2H3/b4-3-/t16-,17+,18+,19+,20+,21?,24-,25+/m1/s1. The monoisotopic (exact) mass is 383 g/mol. The summed E-state index contributed by atoms with van der Waals surface area (Å²) in [5.41, 5.74) is 0.0477. The Bertz CT molecular complexity index is 693. The fraction of sp³-hybridized carbons (Fsp3) is 0.840. The number of rotatable bonds is 2. The summed E-state index contributed by atoms with van der Waals surface area (Å²) in [6.07, 6.45) is 14.4. The highest BCUT2D eigenvalue weighted by atomic mass is 16.1. The van der Waals surface area contributed by atoms with E-state index in [0.717, 1.165) is 51.6 Å². The van der Waals surface area contributed by atoms with Crippen molar-refractivity contribution >= 4 is 11.6 Å². The van der Waals surface area contributed by atoms with Crippen molar-refractivity contribution in [1.82, 2.24) is 5.32 Å². The van der Waals surface area contributed by atoms with E-state index in [9.17, 15) is 9.59 Å². The molecule has 5 fully saturated rings. The Morgan fingerprint density at radius 3 is 2.57 bits per heavy atom. The highest BCUT2D eigenvalue weighted by Crippen LogP contribution is 2.65. The van der Waals surface area contributed by atoms with Crippen molar-refractivity contribution in [2.45, 2.75) is 71.6 Å². The van der Waals surface area contributed by atoms with Gasteiger partial charge in [-0.25, -0.2) is 0 Å². The lowest BCUT2D eigenvalue weighted by Crippen LogP contribution is -2.56. The van der Waals surface area contributed by atoms with Crippen molar-refractivity contribution < 1.29 is 9.59 Å². The normalized spacial score (nSPS) is 51.2. The topological polar surface area (TPSA) is 46.2 Å². The first-order valence-electron chi connectivity index (χ1n) is 11.9. The summed E-state index contributed by atoms with van der Waals surface area (Å²) in [4.78, 5) is 25.9. The lowest BCUT2D eigenvalue weighted by atomic mass is 9.44. The quantitative estimate of drug-likeness (QED) is 0.711. The fourth-order valence-corrected chi connectivity index (χ4v) is 8.17. The molecule has 1 saturated heterocycles. The van der Waals surface area contributed by atoms with E-state index in [4.69, 9.17) is 0 Å². The van der Waals surface area contributed by atoms with Crippen LogP contribution < -0.4 is 5.32 Å². The maximum absolute atomic E-state index is 13.4. The molecule has 0 radical (unpaired) electrons. The maximum atomic E-state index is 13.4. The fourth-order valence-electron chi connectivity index (χ4n) is 8.17. The first-order valence-corrected chi connectivity index (χ1v) is 11.9. The Morgan fingerprint density at radius 1 is 0.964 bits per heavy atom. The molecule has 28 heavy (non-hydrogen) atoms. The molecule has 0 aromatic rings. The molecule has 4 aliphatic carbocycles. The lowest BCUT2D eigenvalue weighted by Gasteiger charge is -2.59. The number of hydrogen-bond acceptors (Lipinski definition) is 3. The number of carbonyl (C=O) groups excluding carboxylic acids is 2. The molecule has 0 spiro atoms. The number of fused-ring (bicyclic) bond motifs is 5. The number of hydrogen-bond donors (Lipinski definition) is 1. The molecule has 0 aromatic heterocycles. The van der Waals surface area contributed by atoms with Crippen molar-refractivity contribution in [1.29, 1.82) is 0 Å². The van der Waals surface area contributed by atoms with E-state index in [1.807, 2.05) is 0 Å². The molecule has 1 N–H and O–H groups in total. The minimum Gasteiger partial charge on any atom is -0.316 e. The van der Waals surface area contributed by atoms with Crippen LogP contribution in [0.3, 0.4) is 0 Å². The lowest BCUT2D eigenvalue weighted by molar-refractivity contribution is -0.157. The molecule has 3 nitrogen and oxygen atoms in total. The van der Waals surface area contributed by atoms with Crippen molar-refractivity contribution in [2.75, 3.05) is 13.1 Å². The number of Topliss-reactive ketones (excluding diaryl/α,β-unsaturated/α-hetero) is 2. The minimum absolute atomic E-state index is 0.125. The van der Waals surface area contributed by atoms with Crippen LogP contribution in [-0.2, 0) is 9.59 Å². The first-order chi connectivity index (χ1) is 13.4. The molecule has 0 bridgehead atoms. The molecular weight excluding hydrogens is 346 g/mol. The van der Waals surface area contributed by atoms with Gasteiger partial charge in [-0.2, -0.15) is 0 Å². The third-order valence-electron chi connectivity index (χ3n) is 9.96. The predicted octanol–water partition coefficient (Wildman–Crippen LogP) is 4.56. The van der Waals surface area contributed by atoms with Crippen molar-refractivity contribution in [2.24, 2.45) is 46.3 Å². The van der Waals surface area contributed by atoms with Crippen LogP contribution >= 0.6 is 0 Å². The van der Waals surface area contributed by atoms with E-state index in [0.29, 0.717) is 41.2 Å². The third kappa shape index (κ3) is 2.79. The van der Waals surface area contributed by atoms with Crippen molar-refractivity contribution in [3.63, 3.8) is 0 Å². The Kier molecular flexibility index (Phi) is 4.61. The molecule has 5 aliphatic rings. The summed E-state index contributed by atoms with van der Waals surface area (Å²) in [6.45, 7) is 6.91. The summed E-state index contributed by atoms with van der Waals surface area (Å²) in [6, 6.07) is 0. The summed E-state index contributed by atoms with van der Waals surface area (Å²) in [5.74, 6) is 4.11. The van der Waals surface area contributed by atoms with Crippen LogP contribution in [0.5, 0.6) is 0 Å². The zero-order chi connectivity index (χ0) is 19.5. The van der Waals surface area contributed by atoms with Gasteiger partial charge >= 0.3 is 0 Å². The molecule has 154 valence electrons. The summed E-state index contributed by atoms with van der Waals surface area (Å²) < 4.78 is 0. The largest absolute Gasteiger partial charge is 0.316 e. The van der Waals surface area contributed by atoms with E-state index < -0.39 is 0 Å². The van der Waals surface area contributed by atoms with Crippen LogP contribution in [0, 0.1) is 46.3 Å². The molecule has 0 amide bonds. The highest BCUT2D eigenvalue weighted by molar-refractivity contribution is 5.88. The maximum Gasteiger partial charge on any atom is 0.139 e. The number of allylic oxidation sites excluding steroid dienone is 1. The first kappa shape index (κ1) is 19.0. The van der Waals surface area contributed by atoms with E-state index >= 15 is 0 Å². The molecule has 0 aromatic carbocycles. The van der Waals surface area contributed by atoms with Gasteiger partial charge in [0.2, 0.25) is 0 Å². The summed E-state index contributed by atoms with van der Waals surface area (Å²) in [7, 11) is 0. The van der Waals surface area contributed by atoms with Gasteiger partial charge in [-0.1, -0.05) is 26.0 Å². The second kappa shape index (κ2) is 6.79. The number of carbonyl (C=O) groups is 2. The van der Waals surface area contributed by atoms with Crippen LogP contribution in [0.2, 0.25) is 0 Å². The summed E-state index contributed by atoms with van der Waals surface area (Å²) >= 11 is 0. The van der Waals surface area contributed by atoms with E-state index in [1.165, 1.54) is 19.3 Å². The average molecular weight is 384 g/mol. The molecule has 1 aliphatic heterocycles. The predicted molar refractivity (Wildman–Crippen MR) is 111 cm³/mol. The van der Waals surface area contributed by atoms with Crippen LogP contribution in [0.1, 0.15) is 71.6 Å². The highest BCUT2D eigenvalue weighted by Gasteiger charge is 2.62. The van der Waals surface area contributed by atoms with Gasteiger partial charge in [0.05, 0.1) is 0 Å². The van der Waals surface area contributed by atoms with Gasteiger partial charge in [0.25, 0.3) is 0 Å². The molecule has 3 heteroatoms. The van der Waals surface area contributed by atoms with Crippen LogP contribution in [0.15, 0.2) is 12.2 Å². The van der Waals surface area contributed by atoms with E-state index in [2.05, 4.69) is 31.3 Å². The Balaban J connectivity index is 1.34. The van der Waals surface area contributed by atoms with Gasteiger partial charge in [-0.15, -0.1) is 0 Å². The molecule has 1 heterocycles. The third-order valence-corrected chi connectivity index (χ3v) is 9.96. The van der Waals surface area contributed by atoms with Crippen LogP contribution in [0.4, 0.5) is 0 Å². The Labute approximate surface area is 170 Å². The molecule has 1 unspecified atom stereocenters. The Morgan fingerprint density at radius 2 is 1.79 bits per heavy atom. The van der Waals surface area contributed by atoms with Gasteiger partial charge < -0.3 is 5.32 Å². The smallest absolute Gasteiger partial charge is 0.139 e. The second-order valence-corrected chi connectivity index (χ2v) is 11.2. The molecule has 5 rings (SSSR count).